The summed E-state index contributed by atoms with van der Waals surface area (Å²) in [6, 6.07) is 24.8. The zero-order valence-corrected chi connectivity index (χ0v) is 28.1. The summed E-state index contributed by atoms with van der Waals surface area (Å²) in [5.74, 6) is -1.68. The number of nitrogens with one attached hydrogen (secondary N) is 1. The Balaban J connectivity index is 0.000000603. The number of anilines is 1. The maximum absolute atomic E-state index is 12.5. The lowest BCUT2D eigenvalue weighted by molar-refractivity contribution is -0.149. The van der Waals surface area contributed by atoms with Gasteiger partial charge in [-0.25, -0.2) is 9.59 Å². The van der Waals surface area contributed by atoms with Gasteiger partial charge in [0.15, 0.2) is 11.5 Å². The van der Waals surface area contributed by atoms with E-state index in [1.54, 1.807) is 25.3 Å². The zero-order chi connectivity index (χ0) is 35.2. The molecule has 0 saturated carbocycles. The molecule has 0 bridgehead atoms. The molecule has 0 spiro atoms. The van der Waals surface area contributed by atoms with E-state index in [2.05, 4.69) is 74.0 Å². The summed E-state index contributed by atoms with van der Waals surface area (Å²) in [7, 11) is 0. The number of esters is 1. The van der Waals surface area contributed by atoms with Crippen LogP contribution in [0.4, 0.5) is 5.82 Å². The van der Waals surface area contributed by atoms with E-state index in [-0.39, 0.29) is 18.2 Å². The lowest BCUT2D eigenvalue weighted by Crippen LogP contribution is -2.38. The van der Waals surface area contributed by atoms with E-state index >= 15 is 0 Å². The number of benzene rings is 2. The quantitative estimate of drug-likeness (QED) is 0.0957. The molecule has 1 saturated heterocycles. The zero-order valence-electron chi connectivity index (χ0n) is 28.1. The van der Waals surface area contributed by atoms with E-state index in [1.165, 1.54) is 11.1 Å². The van der Waals surface area contributed by atoms with Crippen molar-refractivity contribution in [2.75, 3.05) is 38.1 Å². The Morgan fingerprint density at radius 1 is 0.918 bits per heavy atom. The van der Waals surface area contributed by atoms with Crippen LogP contribution < -0.4 is 5.32 Å². The second kappa shape index (κ2) is 17.9. The molecule has 2 aromatic carbocycles. The standard InChI is InChI=1S/C32H40N6O3.C4H4O4/c1-4-40-31(39)32(2,3)30-35-34-28-17-16-27(36-38(28)30)33-20-11-21-37-22-18-26(19-23-37)41-29(24-12-7-5-8-13-24)25-14-9-6-10-15-25;5-3(6)1-2-4(7)8/h5-10,12-17,26,29H,4,11,18-23H2,1-3H3,(H,33,36);1-2H,(H,5,6)(H,7,8). The normalized spacial score (nSPS) is 14.0. The number of carbonyl (C=O) groups excluding carboxylic acids is 1. The fourth-order valence-corrected chi connectivity index (χ4v) is 5.40. The van der Waals surface area contributed by atoms with Gasteiger partial charge in [-0.2, -0.15) is 4.52 Å². The molecule has 0 aliphatic carbocycles. The molecule has 3 heterocycles. The van der Waals surface area contributed by atoms with Gasteiger partial charge in [-0.1, -0.05) is 60.7 Å². The van der Waals surface area contributed by atoms with E-state index in [9.17, 15) is 14.4 Å². The molecular weight excluding hydrogens is 628 g/mol. The van der Waals surface area contributed by atoms with Crippen molar-refractivity contribution in [3.63, 3.8) is 0 Å². The van der Waals surface area contributed by atoms with Crippen LogP contribution in [-0.2, 0) is 29.3 Å². The second-order valence-electron chi connectivity index (χ2n) is 12.0. The van der Waals surface area contributed by atoms with Crippen molar-refractivity contribution in [1.29, 1.82) is 0 Å². The number of hydrogen-bond donors (Lipinski definition) is 3. The third kappa shape index (κ3) is 10.7. The highest BCUT2D eigenvalue weighted by molar-refractivity contribution is 5.89. The van der Waals surface area contributed by atoms with Gasteiger partial charge in [0.1, 0.15) is 17.3 Å². The second-order valence-corrected chi connectivity index (χ2v) is 12.0. The Morgan fingerprint density at radius 3 is 2.06 bits per heavy atom. The highest BCUT2D eigenvalue weighted by Gasteiger charge is 2.37. The molecule has 0 radical (unpaired) electrons. The van der Waals surface area contributed by atoms with E-state index < -0.39 is 17.4 Å². The van der Waals surface area contributed by atoms with Crippen molar-refractivity contribution < 1.29 is 34.1 Å². The Kier molecular flexibility index (Phi) is 13.4. The average Bonchev–Trinajstić information content (AvgIpc) is 3.54. The number of rotatable bonds is 14. The number of carboxylic acid groups (broad SMARTS) is 2. The summed E-state index contributed by atoms with van der Waals surface area (Å²) < 4.78 is 13.6. The summed E-state index contributed by atoms with van der Waals surface area (Å²) in [6.45, 7) is 9.51. The molecular formula is C36H44N6O7. The Labute approximate surface area is 285 Å². The number of carbonyl (C=O) groups is 3. The fraction of sp³-hybridized carbons (Fsp3) is 0.389. The van der Waals surface area contributed by atoms with E-state index in [0.29, 0.717) is 30.2 Å². The number of carboxylic acids is 2. The van der Waals surface area contributed by atoms with Gasteiger partial charge >= 0.3 is 17.9 Å². The molecule has 0 unspecified atom stereocenters. The first kappa shape index (κ1) is 36.7. The lowest BCUT2D eigenvalue weighted by atomic mass is 9.93. The third-order valence-corrected chi connectivity index (χ3v) is 8.00. The number of aliphatic carboxylic acids is 2. The molecule has 3 N–H and O–H groups in total. The molecule has 4 aromatic rings. The summed E-state index contributed by atoms with van der Waals surface area (Å²) in [5.41, 5.74) is 2.03. The Bertz CT molecular complexity index is 1630. The monoisotopic (exact) mass is 672 g/mol. The number of likely N-dealkylation sites (tertiary alicyclic amines) is 1. The number of ether oxygens (including phenoxy) is 2. The van der Waals surface area contributed by atoms with Gasteiger partial charge in [0, 0.05) is 31.8 Å². The van der Waals surface area contributed by atoms with Gasteiger partial charge in [0.25, 0.3) is 0 Å². The van der Waals surface area contributed by atoms with Crippen molar-refractivity contribution in [1.82, 2.24) is 24.7 Å². The van der Waals surface area contributed by atoms with Crippen molar-refractivity contribution in [3.8, 4) is 0 Å². The molecule has 13 nitrogen and oxygen atoms in total. The van der Waals surface area contributed by atoms with Crippen LogP contribution in [-0.4, -0.2) is 91.7 Å². The molecule has 5 rings (SSSR count). The highest BCUT2D eigenvalue weighted by atomic mass is 16.5. The highest BCUT2D eigenvalue weighted by Crippen LogP contribution is 2.30. The molecule has 1 fully saturated rings. The molecule has 1 aliphatic rings. The van der Waals surface area contributed by atoms with Gasteiger partial charge < -0.3 is 29.9 Å². The van der Waals surface area contributed by atoms with Crippen molar-refractivity contribution in [3.05, 3.63) is 102 Å². The van der Waals surface area contributed by atoms with Gasteiger partial charge in [-0.15, -0.1) is 15.3 Å². The van der Waals surface area contributed by atoms with Crippen LogP contribution in [0.3, 0.4) is 0 Å². The van der Waals surface area contributed by atoms with Crippen molar-refractivity contribution >= 4 is 29.4 Å². The van der Waals surface area contributed by atoms with Gasteiger partial charge in [-0.05, 0) is 69.8 Å². The van der Waals surface area contributed by atoms with Crippen LogP contribution in [0.1, 0.15) is 63.1 Å². The van der Waals surface area contributed by atoms with Gasteiger partial charge in [0.2, 0.25) is 0 Å². The Morgan fingerprint density at radius 2 is 1.51 bits per heavy atom. The maximum atomic E-state index is 12.5. The maximum Gasteiger partial charge on any atom is 0.328 e. The smallest absolute Gasteiger partial charge is 0.328 e. The van der Waals surface area contributed by atoms with E-state index in [0.717, 1.165) is 51.3 Å². The van der Waals surface area contributed by atoms with Crippen LogP contribution in [0.25, 0.3) is 5.65 Å². The number of hydrogen-bond acceptors (Lipinski definition) is 10. The van der Waals surface area contributed by atoms with Crippen LogP contribution in [0, 0.1) is 0 Å². The molecule has 2 aromatic heterocycles. The summed E-state index contributed by atoms with van der Waals surface area (Å²) in [6.07, 6.45) is 4.35. The first-order valence-electron chi connectivity index (χ1n) is 16.3. The number of aromatic nitrogens is 4. The third-order valence-electron chi connectivity index (χ3n) is 8.00. The minimum absolute atomic E-state index is 0.0444. The minimum Gasteiger partial charge on any atom is -0.478 e. The van der Waals surface area contributed by atoms with Crippen LogP contribution in [0.5, 0.6) is 0 Å². The SMILES string of the molecule is CCOC(=O)C(C)(C)c1nnc2ccc(NCCCN3CCC(OC(c4ccccc4)c4ccccc4)CC3)nn12.O=C(O)C=CC(=O)O. The van der Waals surface area contributed by atoms with Crippen LogP contribution in [0.2, 0.25) is 0 Å². The first-order valence-corrected chi connectivity index (χ1v) is 16.3. The number of nitrogens with zero attached hydrogens (tertiary/aromatic N) is 5. The average molecular weight is 673 g/mol. The molecule has 1 aliphatic heterocycles. The predicted molar refractivity (Wildman–Crippen MR) is 183 cm³/mol. The molecule has 0 amide bonds. The van der Waals surface area contributed by atoms with Crippen LogP contribution >= 0.6 is 0 Å². The molecule has 13 heteroatoms. The van der Waals surface area contributed by atoms with Crippen LogP contribution in [0.15, 0.2) is 84.9 Å². The largest absolute Gasteiger partial charge is 0.478 e. The molecule has 0 atom stereocenters. The van der Waals surface area contributed by atoms with Gasteiger partial charge in [0.05, 0.1) is 12.7 Å². The van der Waals surface area contributed by atoms with E-state index in [4.69, 9.17) is 19.7 Å². The Hall–Kier alpha value is -5.14. The first-order chi connectivity index (χ1) is 23.6. The fourth-order valence-electron chi connectivity index (χ4n) is 5.40. The van der Waals surface area contributed by atoms with Crippen molar-refractivity contribution in [2.24, 2.45) is 0 Å². The summed E-state index contributed by atoms with van der Waals surface area (Å²) in [4.78, 5) is 34.1. The number of fused-ring (bicyclic) bond motifs is 1. The number of piperidine rings is 1. The topological polar surface area (TPSA) is 168 Å². The summed E-state index contributed by atoms with van der Waals surface area (Å²) >= 11 is 0. The predicted octanol–water partition coefficient (Wildman–Crippen LogP) is 4.75. The summed E-state index contributed by atoms with van der Waals surface area (Å²) in [5, 5.41) is 32.1. The minimum atomic E-state index is -1.26. The van der Waals surface area contributed by atoms with Gasteiger partial charge in [-0.3, -0.25) is 4.79 Å². The molecule has 260 valence electrons. The lowest BCUT2D eigenvalue weighted by Gasteiger charge is -2.34. The van der Waals surface area contributed by atoms with E-state index in [1.807, 2.05) is 24.3 Å². The molecule has 49 heavy (non-hydrogen) atoms. The van der Waals surface area contributed by atoms with Crippen molar-refractivity contribution in [2.45, 2.75) is 57.7 Å².